The number of fused-ring (bicyclic) bond motifs is 1. The first-order chi connectivity index (χ1) is 8.39. The molecule has 0 unspecified atom stereocenters. The molecule has 5 heteroatoms. The number of hydrogen-bond acceptors (Lipinski definition) is 4. The van der Waals surface area contributed by atoms with Gasteiger partial charge in [0.15, 0.2) is 0 Å². The number of allylic oxidation sites excluding steroid dienone is 4. The summed E-state index contributed by atoms with van der Waals surface area (Å²) in [7, 11) is -0.324. The van der Waals surface area contributed by atoms with E-state index in [9.17, 15) is 0 Å². The summed E-state index contributed by atoms with van der Waals surface area (Å²) in [5, 5.41) is 8.03. The Balaban J connectivity index is 1.85. The van der Waals surface area contributed by atoms with Crippen molar-refractivity contribution < 1.29 is 9.31 Å². The van der Waals surface area contributed by atoms with E-state index in [0.717, 1.165) is 11.2 Å². The third kappa shape index (κ3) is 1.69. The van der Waals surface area contributed by atoms with E-state index in [2.05, 4.69) is 44.0 Å². The van der Waals surface area contributed by atoms with E-state index in [1.807, 2.05) is 18.4 Å². The molecule has 94 valence electrons. The van der Waals surface area contributed by atoms with Crippen molar-refractivity contribution in [2.45, 2.75) is 38.9 Å². The van der Waals surface area contributed by atoms with Crippen LogP contribution in [-0.4, -0.2) is 30.2 Å². The highest BCUT2D eigenvalue weighted by Gasteiger charge is 2.52. The molecule has 0 amide bonds. The van der Waals surface area contributed by atoms with Crippen LogP contribution in [0.25, 0.3) is 0 Å². The maximum absolute atomic E-state index is 6.01. The molecule has 2 heterocycles. The van der Waals surface area contributed by atoms with Crippen molar-refractivity contribution >= 4 is 19.0 Å². The summed E-state index contributed by atoms with van der Waals surface area (Å²) in [6.45, 7) is 8.22. The fourth-order valence-electron chi connectivity index (χ4n) is 2.15. The first-order valence-electron chi connectivity index (χ1n) is 6.25. The highest BCUT2D eigenvalue weighted by molar-refractivity contribution is 6.56. The maximum Gasteiger partial charge on any atom is 0.494 e. The zero-order valence-corrected chi connectivity index (χ0v) is 11.2. The van der Waals surface area contributed by atoms with Gasteiger partial charge >= 0.3 is 7.12 Å². The van der Waals surface area contributed by atoms with Crippen molar-refractivity contribution in [3.8, 4) is 0 Å². The average molecular weight is 244 g/mol. The van der Waals surface area contributed by atoms with Crippen LogP contribution in [0.1, 0.15) is 27.7 Å². The largest absolute Gasteiger partial charge is 0.494 e. The molecule has 0 spiro atoms. The minimum absolute atomic E-state index is 0.219. The fourth-order valence-corrected chi connectivity index (χ4v) is 2.15. The van der Waals surface area contributed by atoms with Gasteiger partial charge in [-0.3, -0.25) is 0 Å². The Morgan fingerprint density at radius 1 is 1.17 bits per heavy atom. The summed E-state index contributed by atoms with van der Waals surface area (Å²) in [6.07, 6.45) is 7.97. The highest BCUT2D eigenvalue weighted by Crippen LogP contribution is 2.39. The molecule has 1 atom stereocenters. The average Bonchev–Trinajstić information content (AvgIpc) is 2.80. The molecular formula is C13H17BN2O2. The first-order valence-corrected chi connectivity index (χ1v) is 6.25. The molecule has 0 N–H and O–H groups in total. The van der Waals surface area contributed by atoms with Crippen LogP contribution in [0.4, 0.5) is 0 Å². The summed E-state index contributed by atoms with van der Waals surface area (Å²) in [5.41, 5.74) is 1.35. The van der Waals surface area contributed by atoms with Crippen molar-refractivity contribution in [3.05, 3.63) is 23.7 Å². The second kappa shape index (κ2) is 3.65. The minimum atomic E-state index is -0.324. The molecule has 0 aromatic rings. The van der Waals surface area contributed by atoms with Crippen molar-refractivity contribution in [1.29, 1.82) is 0 Å². The van der Waals surface area contributed by atoms with Crippen LogP contribution in [0, 0.1) is 5.92 Å². The number of hydrogen-bond donors (Lipinski definition) is 0. The lowest BCUT2D eigenvalue weighted by atomic mass is 9.74. The Morgan fingerprint density at radius 2 is 1.83 bits per heavy atom. The quantitative estimate of drug-likeness (QED) is 0.663. The Morgan fingerprint density at radius 3 is 2.50 bits per heavy atom. The fraction of sp³-hybridized carbons (Fsp3) is 0.538. The van der Waals surface area contributed by atoms with E-state index in [1.165, 1.54) is 0 Å². The highest BCUT2D eigenvalue weighted by atomic mass is 16.7. The molecule has 2 aliphatic heterocycles. The van der Waals surface area contributed by atoms with Gasteiger partial charge in [0.25, 0.3) is 0 Å². The van der Waals surface area contributed by atoms with Crippen molar-refractivity contribution in [2.75, 3.05) is 0 Å². The molecule has 4 nitrogen and oxygen atoms in total. The third-order valence-corrected chi connectivity index (χ3v) is 4.08. The zero-order valence-electron chi connectivity index (χ0n) is 11.2. The van der Waals surface area contributed by atoms with E-state index >= 15 is 0 Å². The molecule has 1 saturated heterocycles. The van der Waals surface area contributed by atoms with E-state index in [1.54, 1.807) is 0 Å². The molecule has 1 fully saturated rings. The molecular weight excluding hydrogens is 227 g/mol. The van der Waals surface area contributed by atoms with Crippen LogP contribution in [0.2, 0.25) is 0 Å². The molecule has 0 radical (unpaired) electrons. The van der Waals surface area contributed by atoms with Gasteiger partial charge in [-0.25, -0.2) is 0 Å². The normalized spacial score (nSPS) is 31.3. The summed E-state index contributed by atoms with van der Waals surface area (Å²) < 4.78 is 12.0. The molecule has 1 aliphatic carbocycles. The molecule has 0 saturated carbocycles. The van der Waals surface area contributed by atoms with Crippen LogP contribution in [0.15, 0.2) is 33.9 Å². The third-order valence-electron chi connectivity index (χ3n) is 4.08. The Kier molecular flexibility index (Phi) is 2.41. The predicted octanol–water partition coefficient (Wildman–Crippen LogP) is 2.17. The van der Waals surface area contributed by atoms with E-state index in [4.69, 9.17) is 9.31 Å². The van der Waals surface area contributed by atoms with Gasteiger partial charge in [-0.2, -0.15) is 10.2 Å². The van der Waals surface area contributed by atoms with Crippen molar-refractivity contribution in [3.63, 3.8) is 0 Å². The minimum Gasteiger partial charge on any atom is -0.399 e. The van der Waals surface area contributed by atoms with Gasteiger partial charge in [0.1, 0.15) is 0 Å². The van der Waals surface area contributed by atoms with E-state index < -0.39 is 0 Å². The molecule has 3 rings (SSSR count). The summed E-state index contributed by atoms with van der Waals surface area (Å²) in [6, 6.07) is 0. The van der Waals surface area contributed by atoms with Gasteiger partial charge in [-0.05, 0) is 39.2 Å². The lowest BCUT2D eigenvalue weighted by Crippen LogP contribution is -2.41. The molecule has 0 bridgehead atoms. The summed E-state index contributed by atoms with van der Waals surface area (Å²) in [5.74, 6) is 0.219. The van der Waals surface area contributed by atoms with Crippen LogP contribution in [0.3, 0.4) is 0 Å². The lowest BCUT2D eigenvalue weighted by molar-refractivity contribution is 0.00578. The van der Waals surface area contributed by atoms with E-state index in [-0.39, 0.29) is 24.2 Å². The number of nitrogens with zero attached hydrogens (tertiary/aromatic N) is 2. The Bertz CT molecular complexity index is 487. The Hall–Kier alpha value is -1.20. The van der Waals surface area contributed by atoms with Crippen molar-refractivity contribution in [1.82, 2.24) is 0 Å². The monoisotopic (exact) mass is 244 g/mol. The molecule has 3 aliphatic rings. The van der Waals surface area contributed by atoms with Gasteiger partial charge in [0.2, 0.25) is 0 Å². The Labute approximate surface area is 108 Å². The molecule has 18 heavy (non-hydrogen) atoms. The molecule has 0 aromatic carbocycles. The van der Waals surface area contributed by atoms with Gasteiger partial charge < -0.3 is 9.31 Å². The second-order valence-corrected chi connectivity index (χ2v) is 5.91. The topological polar surface area (TPSA) is 43.2 Å². The SMILES string of the molecule is CC1(C)OB(C2=CC3=NN=C[C@@H]3C=C2)OC1(C)C. The van der Waals surface area contributed by atoms with Gasteiger partial charge in [-0.1, -0.05) is 12.2 Å². The van der Waals surface area contributed by atoms with Crippen LogP contribution in [-0.2, 0) is 9.31 Å². The van der Waals surface area contributed by atoms with Crippen molar-refractivity contribution in [2.24, 2.45) is 16.1 Å². The first kappa shape index (κ1) is 11.9. The van der Waals surface area contributed by atoms with Gasteiger partial charge in [0.05, 0.1) is 22.8 Å². The smallest absolute Gasteiger partial charge is 0.399 e. The second-order valence-electron chi connectivity index (χ2n) is 5.91. The number of rotatable bonds is 1. The van der Waals surface area contributed by atoms with Crippen LogP contribution in [0.5, 0.6) is 0 Å². The van der Waals surface area contributed by atoms with Gasteiger partial charge in [-0.15, -0.1) is 0 Å². The lowest BCUT2D eigenvalue weighted by Gasteiger charge is -2.32. The predicted molar refractivity (Wildman–Crippen MR) is 72.7 cm³/mol. The summed E-state index contributed by atoms with van der Waals surface area (Å²) in [4.78, 5) is 0. The van der Waals surface area contributed by atoms with Crippen LogP contribution < -0.4 is 0 Å². The van der Waals surface area contributed by atoms with E-state index in [0.29, 0.717) is 0 Å². The standard InChI is InChI=1S/C13H17BN2O2/c1-12(2)13(3,4)18-14(17-12)10-6-5-9-8-15-16-11(9)7-10/h5-9H,1-4H3/t9-/m0/s1. The summed E-state index contributed by atoms with van der Waals surface area (Å²) >= 11 is 0. The molecule has 0 aromatic heterocycles. The van der Waals surface area contributed by atoms with Gasteiger partial charge in [0, 0.05) is 6.21 Å². The van der Waals surface area contributed by atoms with Crippen LogP contribution >= 0.6 is 0 Å². The zero-order chi connectivity index (χ0) is 13.0. The maximum atomic E-state index is 6.01.